The van der Waals surface area contributed by atoms with E-state index >= 15 is 0 Å². The summed E-state index contributed by atoms with van der Waals surface area (Å²) in [5.41, 5.74) is 11.1. The van der Waals surface area contributed by atoms with Gasteiger partial charge in [0.2, 0.25) is 0 Å². The number of aromatic nitrogens is 1. The van der Waals surface area contributed by atoms with Crippen LogP contribution in [0.1, 0.15) is 27.0 Å². The number of nitrogens with two attached hydrogens (primary N) is 1. The summed E-state index contributed by atoms with van der Waals surface area (Å²) < 4.78 is 6.01. The maximum Gasteiger partial charge on any atom is 0.180 e. The number of fused-ring (bicyclic) bond motifs is 3. The van der Waals surface area contributed by atoms with Gasteiger partial charge in [0.15, 0.2) is 5.78 Å². The molecule has 0 fully saturated rings. The number of para-hydroxylation sites is 2. The van der Waals surface area contributed by atoms with Crippen LogP contribution in [-0.4, -0.2) is 16.8 Å². The smallest absolute Gasteiger partial charge is 0.180 e. The monoisotopic (exact) mass is 368 g/mol. The quantitative estimate of drug-likeness (QED) is 0.455. The van der Waals surface area contributed by atoms with Gasteiger partial charge in [0.1, 0.15) is 11.5 Å². The molecule has 1 aromatic heterocycles. The first kappa shape index (κ1) is 16.8. The Hall–Kier alpha value is -3.37. The standard InChI is InChI=1S/C24H20N2O2/c25-20(13-16-14-26-21-9-3-2-7-17(16)21)24(27)18-8-5-11-23-19(18)12-15-6-1-4-10-22(15)28-23/h1-11,14,20,26H,12-13,25H2/t20-/m0/s1. The number of nitrogens with one attached hydrogen (secondary N) is 1. The van der Waals surface area contributed by atoms with Gasteiger partial charge in [-0.15, -0.1) is 0 Å². The SMILES string of the molecule is N[C@@H](Cc1c[nH]c2ccccc12)C(=O)c1cccc2c1Cc1ccccc1O2. The van der Waals surface area contributed by atoms with E-state index in [1.165, 1.54) is 0 Å². The van der Waals surface area contributed by atoms with Gasteiger partial charge in [-0.3, -0.25) is 4.79 Å². The van der Waals surface area contributed by atoms with Crippen molar-refractivity contribution in [2.75, 3.05) is 0 Å². The molecule has 0 amide bonds. The molecule has 3 N–H and O–H groups in total. The molecule has 2 heterocycles. The third kappa shape index (κ3) is 2.79. The zero-order chi connectivity index (χ0) is 19.1. The van der Waals surface area contributed by atoms with Crippen molar-refractivity contribution in [3.63, 3.8) is 0 Å². The second kappa shape index (κ2) is 6.66. The first-order valence-electron chi connectivity index (χ1n) is 9.43. The second-order valence-corrected chi connectivity index (χ2v) is 7.20. The molecule has 1 aliphatic heterocycles. The molecule has 1 atom stereocenters. The van der Waals surface area contributed by atoms with Crippen molar-refractivity contribution in [1.82, 2.24) is 4.98 Å². The van der Waals surface area contributed by atoms with Crippen LogP contribution in [0.25, 0.3) is 10.9 Å². The van der Waals surface area contributed by atoms with Crippen LogP contribution in [0.2, 0.25) is 0 Å². The number of rotatable bonds is 4. The van der Waals surface area contributed by atoms with E-state index in [0.29, 0.717) is 18.4 Å². The first-order chi connectivity index (χ1) is 13.7. The van der Waals surface area contributed by atoms with E-state index < -0.39 is 6.04 Å². The molecular formula is C24H20N2O2. The van der Waals surface area contributed by atoms with E-state index in [1.54, 1.807) is 0 Å². The highest BCUT2D eigenvalue weighted by molar-refractivity contribution is 6.02. The molecule has 0 saturated heterocycles. The van der Waals surface area contributed by atoms with Gasteiger partial charge in [-0.25, -0.2) is 0 Å². The summed E-state index contributed by atoms with van der Waals surface area (Å²) >= 11 is 0. The van der Waals surface area contributed by atoms with Crippen molar-refractivity contribution < 1.29 is 9.53 Å². The summed E-state index contributed by atoms with van der Waals surface area (Å²) in [4.78, 5) is 16.4. The van der Waals surface area contributed by atoms with E-state index in [1.807, 2.05) is 72.9 Å². The maximum atomic E-state index is 13.2. The van der Waals surface area contributed by atoms with Crippen molar-refractivity contribution in [3.8, 4) is 11.5 Å². The van der Waals surface area contributed by atoms with Crippen molar-refractivity contribution in [2.24, 2.45) is 5.73 Å². The number of benzene rings is 3. The van der Waals surface area contributed by atoms with Crippen molar-refractivity contribution in [3.05, 3.63) is 95.2 Å². The van der Waals surface area contributed by atoms with E-state index in [-0.39, 0.29) is 5.78 Å². The van der Waals surface area contributed by atoms with E-state index in [0.717, 1.165) is 39.1 Å². The fraction of sp³-hybridized carbons (Fsp3) is 0.125. The van der Waals surface area contributed by atoms with Crippen LogP contribution < -0.4 is 10.5 Å². The van der Waals surface area contributed by atoms with Crippen molar-refractivity contribution in [1.29, 1.82) is 0 Å². The Morgan fingerprint density at radius 3 is 2.71 bits per heavy atom. The van der Waals surface area contributed by atoms with Gasteiger partial charge in [-0.1, -0.05) is 48.5 Å². The zero-order valence-electron chi connectivity index (χ0n) is 15.3. The molecule has 1 aliphatic rings. The van der Waals surface area contributed by atoms with Gasteiger partial charge in [-0.2, -0.15) is 0 Å². The van der Waals surface area contributed by atoms with Crippen LogP contribution in [0.15, 0.2) is 72.9 Å². The Kier molecular flexibility index (Phi) is 3.99. The Morgan fingerprint density at radius 1 is 1.00 bits per heavy atom. The number of aromatic amines is 1. The van der Waals surface area contributed by atoms with E-state index in [9.17, 15) is 4.79 Å². The van der Waals surface area contributed by atoms with Crippen molar-refractivity contribution in [2.45, 2.75) is 18.9 Å². The summed E-state index contributed by atoms with van der Waals surface area (Å²) in [6, 6.07) is 21.0. The molecule has 3 aromatic carbocycles. The molecule has 0 bridgehead atoms. The van der Waals surface area contributed by atoms with Crippen molar-refractivity contribution >= 4 is 16.7 Å². The first-order valence-corrected chi connectivity index (χ1v) is 9.43. The molecule has 0 aliphatic carbocycles. The molecule has 0 saturated carbocycles. The molecule has 4 heteroatoms. The van der Waals surface area contributed by atoms with Crippen LogP contribution in [0, 0.1) is 0 Å². The molecule has 4 nitrogen and oxygen atoms in total. The molecule has 0 unspecified atom stereocenters. The summed E-state index contributed by atoms with van der Waals surface area (Å²) in [6.45, 7) is 0. The highest BCUT2D eigenvalue weighted by Gasteiger charge is 2.25. The normalized spacial score (nSPS) is 13.5. The summed E-state index contributed by atoms with van der Waals surface area (Å²) in [6.07, 6.45) is 3.11. The number of carbonyl (C=O) groups is 1. The molecule has 138 valence electrons. The average Bonchev–Trinajstić information content (AvgIpc) is 3.14. The minimum Gasteiger partial charge on any atom is -0.457 e. The summed E-state index contributed by atoms with van der Waals surface area (Å²) in [5, 5.41) is 1.11. The number of Topliss-reactive ketones (excluding diaryl/α,β-unsaturated/α-hetero) is 1. The van der Waals surface area contributed by atoms with Gasteiger partial charge in [-0.05, 0) is 35.7 Å². The van der Waals surface area contributed by atoms with Crippen LogP contribution in [0.5, 0.6) is 11.5 Å². The summed E-state index contributed by atoms with van der Waals surface area (Å²) in [5.74, 6) is 1.54. The Labute approximate surface area is 163 Å². The second-order valence-electron chi connectivity index (χ2n) is 7.20. The average molecular weight is 368 g/mol. The Balaban J connectivity index is 1.45. The molecule has 0 radical (unpaired) electrons. The highest BCUT2D eigenvalue weighted by atomic mass is 16.5. The third-order valence-corrected chi connectivity index (χ3v) is 5.41. The summed E-state index contributed by atoms with van der Waals surface area (Å²) in [7, 11) is 0. The number of ketones is 1. The van der Waals surface area contributed by atoms with Gasteiger partial charge in [0.05, 0.1) is 6.04 Å². The lowest BCUT2D eigenvalue weighted by Crippen LogP contribution is -2.33. The largest absolute Gasteiger partial charge is 0.457 e. The topological polar surface area (TPSA) is 68.1 Å². The molecule has 0 spiro atoms. The van der Waals surface area contributed by atoms with Crippen LogP contribution in [-0.2, 0) is 12.8 Å². The molecule has 4 aromatic rings. The Morgan fingerprint density at radius 2 is 1.79 bits per heavy atom. The number of hydrogen-bond donors (Lipinski definition) is 2. The fourth-order valence-electron chi connectivity index (χ4n) is 3.96. The van der Waals surface area contributed by atoms with E-state index in [2.05, 4.69) is 4.98 Å². The lowest BCUT2D eigenvalue weighted by Gasteiger charge is -2.23. The van der Waals surface area contributed by atoms with Gasteiger partial charge >= 0.3 is 0 Å². The van der Waals surface area contributed by atoms with Gasteiger partial charge in [0, 0.05) is 34.6 Å². The minimum absolute atomic E-state index is 0.0508. The molecule has 28 heavy (non-hydrogen) atoms. The number of hydrogen-bond acceptors (Lipinski definition) is 3. The highest BCUT2D eigenvalue weighted by Crippen LogP contribution is 2.38. The van der Waals surface area contributed by atoms with Crippen LogP contribution >= 0.6 is 0 Å². The predicted molar refractivity (Wildman–Crippen MR) is 110 cm³/mol. The van der Waals surface area contributed by atoms with Crippen LogP contribution in [0.3, 0.4) is 0 Å². The van der Waals surface area contributed by atoms with Gasteiger partial charge < -0.3 is 15.5 Å². The van der Waals surface area contributed by atoms with Gasteiger partial charge in [0.25, 0.3) is 0 Å². The lowest BCUT2D eigenvalue weighted by molar-refractivity contribution is 0.0959. The lowest BCUT2D eigenvalue weighted by atomic mass is 9.90. The molecular weight excluding hydrogens is 348 g/mol. The van der Waals surface area contributed by atoms with E-state index in [4.69, 9.17) is 10.5 Å². The predicted octanol–water partition coefficient (Wildman–Crippen LogP) is 4.62. The minimum atomic E-state index is -0.608. The number of ether oxygens (including phenoxy) is 1. The number of H-pyrrole nitrogens is 1. The Bertz CT molecular complexity index is 1190. The zero-order valence-corrected chi connectivity index (χ0v) is 15.3. The molecule has 5 rings (SSSR count). The number of carbonyl (C=O) groups excluding carboxylic acids is 1. The van der Waals surface area contributed by atoms with Crippen LogP contribution in [0.4, 0.5) is 0 Å². The third-order valence-electron chi connectivity index (χ3n) is 5.41. The maximum absolute atomic E-state index is 13.2. The fourth-order valence-corrected chi connectivity index (χ4v) is 3.96.